The van der Waals surface area contributed by atoms with Crippen molar-refractivity contribution in [3.63, 3.8) is 0 Å². The van der Waals surface area contributed by atoms with Crippen LogP contribution in [-0.2, 0) is 9.59 Å². The summed E-state index contributed by atoms with van der Waals surface area (Å²) in [4.78, 5) is 50.0. The first-order valence-corrected chi connectivity index (χ1v) is 10.8. The Morgan fingerprint density at radius 3 is 2.63 bits per heavy atom. The molecular weight excluding hydrogens is 384 g/mol. The molecule has 3 heterocycles. The predicted octanol–water partition coefficient (Wildman–Crippen LogP) is 1.67. The molecule has 30 heavy (non-hydrogen) atoms. The molecule has 0 aromatic heterocycles. The van der Waals surface area contributed by atoms with Crippen LogP contribution in [0.3, 0.4) is 0 Å². The second-order valence-electron chi connectivity index (χ2n) is 8.34. The number of imide groups is 2. The Morgan fingerprint density at radius 2 is 1.87 bits per heavy atom. The van der Waals surface area contributed by atoms with E-state index in [4.69, 9.17) is 0 Å². The Labute approximate surface area is 175 Å². The largest absolute Gasteiger partial charge is 0.385 e. The van der Waals surface area contributed by atoms with Crippen LogP contribution in [0.2, 0.25) is 0 Å². The zero-order chi connectivity index (χ0) is 21.1. The number of piperidine rings is 2. The molecule has 0 spiro atoms. The van der Waals surface area contributed by atoms with Crippen LogP contribution in [0.25, 0.3) is 0 Å². The lowest BCUT2D eigenvalue weighted by Gasteiger charge is -2.27. The molecule has 1 aromatic carbocycles. The molecule has 1 aromatic rings. The van der Waals surface area contributed by atoms with E-state index in [-0.39, 0.29) is 18.7 Å². The van der Waals surface area contributed by atoms with E-state index in [9.17, 15) is 19.2 Å². The van der Waals surface area contributed by atoms with Crippen LogP contribution < -0.4 is 16.0 Å². The molecule has 160 valence electrons. The topological polar surface area (TPSA) is 108 Å². The summed E-state index contributed by atoms with van der Waals surface area (Å²) in [6.45, 7) is 3.06. The van der Waals surface area contributed by atoms with Crippen molar-refractivity contribution >= 4 is 29.3 Å². The average molecular weight is 412 g/mol. The van der Waals surface area contributed by atoms with Crippen molar-refractivity contribution in [2.24, 2.45) is 5.92 Å². The SMILES string of the molecule is O=C1CCC(N2C(=O)c3ccc(NCCCCC4CCCNC4)cc3C2=O)C(=O)N1. The molecule has 2 saturated heterocycles. The quantitative estimate of drug-likeness (QED) is 0.465. The minimum atomic E-state index is -0.930. The standard InChI is InChI=1S/C22H28N4O4/c27-19-9-8-18(20(28)25-19)26-21(29)16-7-6-15(12-17(16)22(26)30)24-11-2-1-4-14-5-3-10-23-13-14/h6-7,12,14,18,23-24H,1-5,8-11,13H2,(H,25,27,28). The number of carbonyl (C=O) groups is 4. The maximum Gasteiger partial charge on any atom is 0.262 e. The van der Waals surface area contributed by atoms with Crippen molar-refractivity contribution < 1.29 is 19.2 Å². The van der Waals surface area contributed by atoms with Crippen LogP contribution in [0, 0.1) is 5.92 Å². The molecule has 0 radical (unpaired) electrons. The molecule has 3 N–H and O–H groups in total. The number of nitrogens with zero attached hydrogens (tertiary/aromatic N) is 1. The fourth-order valence-electron chi connectivity index (χ4n) is 4.54. The number of nitrogens with one attached hydrogen (secondary N) is 3. The van der Waals surface area contributed by atoms with Crippen molar-refractivity contribution in [2.75, 3.05) is 25.0 Å². The van der Waals surface area contributed by atoms with Gasteiger partial charge < -0.3 is 10.6 Å². The molecule has 2 unspecified atom stereocenters. The van der Waals surface area contributed by atoms with Crippen LogP contribution >= 0.6 is 0 Å². The number of unbranched alkanes of at least 4 members (excludes halogenated alkanes) is 1. The Hall–Kier alpha value is -2.74. The number of benzene rings is 1. The lowest BCUT2D eigenvalue weighted by Crippen LogP contribution is -2.54. The van der Waals surface area contributed by atoms with Gasteiger partial charge in [-0.05, 0) is 69.3 Å². The van der Waals surface area contributed by atoms with E-state index in [0.29, 0.717) is 11.1 Å². The lowest BCUT2D eigenvalue weighted by atomic mass is 9.94. The van der Waals surface area contributed by atoms with Gasteiger partial charge in [-0.15, -0.1) is 0 Å². The predicted molar refractivity (Wildman–Crippen MR) is 111 cm³/mol. The number of fused-ring (bicyclic) bond motifs is 1. The van der Waals surface area contributed by atoms with Crippen LogP contribution in [0.15, 0.2) is 18.2 Å². The third kappa shape index (κ3) is 4.23. The van der Waals surface area contributed by atoms with Gasteiger partial charge >= 0.3 is 0 Å². The van der Waals surface area contributed by atoms with Crippen LogP contribution in [0.4, 0.5) is 5.69 Å². The summed E-state index contributed by atoms with van der Waals surface area (Å²) >= 11 is 0. The maximum absolute atomic E-state index is 12.8. The number of amides is 4. The van der Waals surface area contributed by atoms with Crippen molar-refractivity contribution in [1.29, 1.82) is 0 Å². The summed E-state index contributed by atoms with van der Waals surface area (Å²) in [6, 6.07) is 4.19. The normalized spacial score (nSPS) is 24.1. The third-order valence-electron chi connectivity index (χ3n) is 6.21. The summed E-state index contributed by atoms with van der Waals surface area (Å²) in [5.41, 5.74) is 1.40. The van der Waals surface area contributed by atoms with Gasteiger partial charge in [0.2, 0.25) is 11.8 Å². The third-order valence-corrected chi connectivity index (χ3v) is 6.21. The minimum absolute atomic E-state index is 0.119. The minimum Gasteiger partial charge on any atom is -0.385 e. The monoisotopic (exact) mass is 412 g/mol. The molecule has 4 amide bonds. The highest BCUT2D eigenvalue weighted by atomic mass is 16.2. The Morgan fingerprint density at radius 1 is 1.03 bits per heavy atom. The molecule has 8 nitrogen and oxygen atoms in total. The van der Waals surface area contributed by atoms with E-state index in [1.165, 1.54) is 19.3 Å². The Bertz CT molecular complexity index is 863. The summed E-state index contributed by atoms with van der Waals surface area (Å²) in [5, 5.41) is 8.99. The van der Waals surface area contributed by atoms with Crippen molar-refractivity contribution in [3.05, 3.63) is 29.3 Å². The van der Waals surface area contributed by atoms with Gasteiger partial charge in [-0.25, -0.2) is 0 Å². The van der Waals surface area contributed by atoms with Gasteiger partial charge in [0.15, 0.2) is 0 Å². The summed E-state index contributed by atoms with van der Waals surface area (Å²) in [5.74, 6) is -1.14. The second-order valence-corrected chi connectivity index (χ2v) is 8.34. The number of hydrogen-bond acceptors (Lipinski definition) is 6. The maximum atomic E-state index is 12.8. The zero-order valence-corrected chi connectivity index (χ0v) is 17.0. The molecule has 2 atom stereocenters. The van der Waals surface area contributed by atoms with E-state index in [1.807, 2.05) is 0 Å². The van der Waals surface area contributed by atoms with Gasteiger partial charge in [-0.1, -0.05) is 6.42 Å². The fraction of sp³-hybridized carbons (Fsp3) is 0.545. The van der Waals surface area contributed by atoms with Crippen LogP contribution in [-0.4, -0.2) is 54.2 Å². The highest BCUT2D eigenvalue weighted by Gasteiger charge is 2.44. The van der Waals surface area contributed by atoms with Gasteiger partial charge in [0.25, 0.3) is 11.8 Å². The van der Waals surface area contributed by atoms with Gasteiger partial charge in [0, 0.05) is 18.7 Å². The van der Waals surface area contributed by atoms with E-state index in [1.54, 1.807) is 18.2 Å². The first-order chi connectivity index (χ1) is 14.5. The molecule has 8 heteroatoms. The molecular formula is C22H28N4O4. The van der Waals surface area contributed by atoms with Crippen molar-refractivity contribution in [1.82, 2.24) is 15.5 Å². The van der Waals surface area contributed by atoms with E-state index >= 15 is 0 Å². The molecule has 0 bridgehead atoms. The van der Waals surface area contributed by atoms with Gasteiger partial charge in [0.1, 0.15) is 6.04 Å². The van der Waals surface area contributed by atoms with E-state index in [0.717, 1.165) is 49.0 Å². The summed E-state index contributed by atoms with van der Waals surface area (Å²) in [7, 11) is 0. The highest BCUT2D eigenvalue weighted by Crippen LogP contribution is 2.29. The fourth-order valence-corrected chi connectivity index (χ4v) is 4.54. The first kappa shape index (κ1) is 20.5. The van der Waals surface area contributed by atoms with Crippen LogP contribution in [0.5, 0.6) is 0 Å². The molecule has 0 aliphatic carbocycles. The van der Waals surface area contributed by atoms with Gasteiger partial charge in [0.05, 0.1) is 11.1 Å². The first-order valence-electron chi connectivity index (χ1n) is 10.8. The average Bonchev–Trinajstić information content (AvgIpc) is 2.99. The Balaban J connectivity index is 1.32. The molecule has 3 aliphatic heterocycles. The highest BCUT2D eigenvalue weighted by molar-refractivity contribution is 6.23. The van der Waals surface area contributed by atoms with Crippen LogP contribution in [0.1, 0.15) is 65.7 Å². The van der Waals surface area contributed by atoms with Gasteiger partial charge in [-0.2, -0.15) is 0 Å². The summed E-state index contributed by atoms with van der Waals surface area (Å²) in [6.07, 6.45) is 6.29. The molecule has 2 fully saturated rings. The molecule has 0 saturated carbocycles. The smallest absolute Gasteiger partial charge is 0.262 e. The van der Waals surface area contributed by atoms with Gasteiger partial charge in [-0.3, -0.25) is 29.4 Å². The van der Waals surface area contributed by atoms with E-state index in [2.05, 4.69) is 16.0 Å². The molecule has 3 aliphatic rings. The van der Waals surface area contributed by atoms with Crippen molar-refractivity contribution in [2.45, 2.75) is 51.0 Å². The number of carbonyl (C=O) groups excluding carboxylic acids is 4. The number of hydrogen-bond donors (Lipinski definition) is 3. The molecule has 4 rings (SSSR count). The Kier molecular flexibility index (Phi) is 6.13. The van der Waals surface area contributed by atoms with Crippen molar-refractivity contribution in [3.8, 4) is 0 Å². The second kappa shape index (κ2) is 8.95. The number of rotatable bonds is 7. The zero-order valence-electron chi connectivity index (χ0n) is 17.0. The number of anilines is 1. The summed E-state index contributed by atoms with van der Waals surface area (Å²) < 4.78 is 0. The lowest BCUT2D eigenvalue weighted by molar-refractivity contribution is -0.136. The van der Waals surface area contributed by atoms with E-state index < -0.39 is 23.8 Å².